The van der Waals surface area contributed by atoms with E-state index in [-0.39, 0.29) is 11.6 Å². The molecule has 2 unspecified atom stereocenters. The van der Waals surface area contributed by atoms with E-state index in [0.29, 0.717) is 18.1 Å². The number of benzene rings is 1. The van der Waals surface area contributed by atoms with Crippen molar-refractivity contribution in [2.75, 3.05) is 0 Å². The molecule has 2 nitrogen and oxygen atoms in total. The van der Waals surface area contributed by atoms with Gasteiger partial charge in [0.25, 0.3) is 5.91 Å². The molecule has 2 atom stereocenters. The van der Waals surface area contributed by atoms with Gasteiger partial charge in [-0.1, -0.05) is 19.8 Å². The van der Waals surface area contributed by atoms with Crippen molar-refractivity contribution in [1.29, 1.82) is 0 Å². The Labute approximate surface area is 120 Å². The summed E-state index contributed by atoms with van der Waals surface area (Å²) in [5.74, 6) is -1.66. The summed E-state index contributed by atoms with van der Waals surface area (Å²) >= 11 is 0. The van der Waals surface area contributed by atoms with E-state index in [9.17, 15) is 22.4 Å². The van der Waals surface area contributed by atoms with Crippen LogP contribution in [0.4, 0.5) is 17.6 Å². The molecule has 1 aromatic rings. The molecule has 1 saturated carbocycles. The lowest BCUT2D eigenvalue weighted by atomic mass is 9.86. The molecular weight excluding hydrogens is 286 g/mol. The van der Waals surface area contributed by atoms with Crippen molar-refractivity contribution in [3.63, 3.8) is 0 Å². The molecule has 21 heavy (non-hydrogen) atoms. The summed E-state index contributed by atoms with van der Waals surface area (Å²) in [6, 6.07) is 2.29. The number of hydrogen-bond donors (Lipinski definition) is 1. The third-order valence-electron chi connectivity index (χ3n) is 3.96. The summed E-state index contributed by atoms with van der Waals surface area (Å²) in [6.45, 7) is 2.01. The van der Waals surface area contributed by atoms with Gasteiger partial charge in [0, 0.05) is 11.6 Å². The zero-order chi connectivity index (χ0) is 15.6. The molecular formula is C15H17F4NO. The van der Waals surface area contributed by atoms with E-state index in [1.165, 1.54) is 0 Å². The molecule has 0 saturated heterocycles. The van der Waals surface area contributed by atoms with E-state index in [0.717, 1.165) is 31.7 Å². The molecule has 0 bridgehead atoms. The Morgan fingerprint density at radius 3 is 2.52 bits per heavy atom. The Morgan fingerprint density at radius 2 is 1.90 bits per heavy atom. The van der Waals surface area contributed by atoms with Crippen LogP contribution in [0.5, 0.6) is 0 Å². The largest absolute Gasteiger partial charge is 0.419 e. The molecule has 0 spiro atoms. The molecule has 0 aromatic heterocycles. The molecule has 1 fully saturated rings. The smallest absolute Gasteiger partial charge is 0.349 e. The fraction of sp³-hybridized carbons (Fsp3) is 0.533. The quantitative estimate of drug-likeness (QED) is 0.817. The van der Waals surface area contributed by atoms with Gasteiger partial charge in [-0.05, 0) is 37.0 Å². The number of carbonyl (C=O) groups excluding carboxylic acids is 1. The van der Waals surface area contributed by atoms with Crippen molar-refractivity contribution in [3.8, 4) is 0 Å². The lowest BCUT2D eigenvalue weighted by Gasteiger charge is -2.29. The molecule has 0 heterocycles. The van der Waals surface area contributed by atoms with E-state index >= 15 is 0 Å². The number of nitrogens with one attached hydrogen (secondary N) is 1. The topological polar surface area (TPSA) is 29.1 Å². The van der Waals surface area contributed by atoms with Crippen LogP contribution < -0.4 is 5.32 Å². The number of amides is 1. The third kappa shape index (κ3) is 3.74. The minimum atomic E-state index is -4.81. The average molecular weight is 303 g/mol. The van der Waals surface area contributed by atoms with E-state index in [1.807, 2.05) is 6.92 Å². The highest BCUT2D eigenvalue weighted by Gasteiger charge is 2.35. The van der Waals surface area contributed by atoms with E-state index in [4.69, 9.17) is 0 Å². The standard InChI is InChI=1S/C15H17F4NO/c1-9-4-2-3-5-13(9)20-14(21)10-6-7-12(16)11(8-10)15(17,18)19/h6-9,13H,2-5H2,1H3,(H,20,21). The SMILES string of the molecule is CC1CCCCC1NC(=O)c1ccc(F)c(C(F)(F)F)c1. The fourth-order valence-electron chi connectivity index (χ4n) is 2.67. The van der Waals surface area contributed by atoms with Crippen LogP contribution >= 0.6 is 0 Å². The second-order valence-electron chi connectivity index (χ2n) is 5.53. The first-order valence-electron chi connectivity index (χ1n) is 6.96. The Kier molecular flexibility index (Phi) is 4.54. The van der Waals surface area contributed by atoms with Gasteiger partial charge in [0.05, 0.1) is 5.56 Å². The van der Waals surface area contributed by atoms with Crippen LogP contribution in [0.25, 0.3) is 0 Å². The molecule has 0 aliphatic heterocycles. The molecule has 1 aromatic carbocycles. The van der Waals surface area contributed by atoms with Crippen molar-refractivity contribution in [1.82, 2.24) is 5.32 Å². The van der Waals surface area contributed by atoms with Gasteiger partial charge in [-0.25, -0.2) is 4.39 Å². The maximum absolute atomic E-state index is 13.2. The van der Waals surface area contributed by atoms with E-state index in [1.54, 1.807) is 0 Å². The average Bonchev–Trinajstić information content (AvgIpc) is 2.40. The highest BCUT2D eigenvalue weighted by molar-refractivity contribution is 5.94. The highest BCUT2D eigenvalue weighted by atomic mass is 19.4. The zero-order valence-corrected chi connectivity index (χ0v) is 11.6. The van der Waals surface area contributed by atoms with Crippen LogP contribution in [0.3, 0.4) is 0 Å². The van der Waals surface area contributed by atoms with Crippen LogP contribution in [-0.4, -0.2) is 11.9 Å². The van der Waals surface area contributed by atoms with Gasteiger partial charge in [0.15, 0.2) is 0 Å². The highest BCUT2D eigenvalue weighted by Crippen LogP contribution is 2.32. The molecule has 1 aliphatic rings. The first-order chi connectivity index (χ1) is 9.79. The van der Waals surface area contributed by atoms with E-state index < -0.39 is 23.5 Å². The van der Waals surface area contributed by atoms with Gasteiger partial charge < -0.3 is 5.32 Å². The van der Waals surface area contributed by atoms with Crippen LogP contribution in [-0.2, 0) is 6.18 Å². The minimum absolute atomic E-state index is 0.0364. The second kappa shape index (κ2) is 6.03. The number of alkyl halides is 3. The molecule has 6 heteroatoms. The van der Waals surface area contributed by atoms with Gasteiger partial charge in [0.2, 0.25) is 0 Å². The van der Waals surface area contributed by atoms with Crippen molar-refractivity contribution in [3.05, 3.63) is 35.1 Å². The van der Waals surface area contributed by atoms with Crippen molar-refractivity contribution >= 4 is 5.91 Å². The summed E-state index contributed by atoms with van der Waals surface area (Å²) in [6.07, 6.45) is -0.907. The molecule has 116 valence electrons. The number of rotatable bonds is 2. The Balaban J connectivity index is 2.16. The van der Waals surface area contributed by atoms with Crippen molar-refractivity contribution in [2.45, 2.75) is 44.8 Å². The summed E-state index contributed by atoms with van der Waals surface area (Å²) in [7, 11) is 0. The normalized spacial score (nSPS) is 22.9. The number of carbonyl (C=O) groups is 1. The van der Waals surface area contributed by atoms with Crippen LogP contribution in [0, 0.1) is 11.7 Å². The molecule has 2 rings (SSSR count). The van der Waals surface area contributed by atoms with Gasteiger partial charge in [-0.3, -0.25) is 4.79 Å². The minimum Gasteiger partial charge on any atom is -0.349 e. The number of hydrogen-bond acceptors (Lipinski definition) is 1. The van der Waals surface area contributed by atoms with E-state index in [2.05, 4.69) is 5.32 Å². The van der Waals surface area contributed by atoms with Gasteiger partial charge in [-0.2, -0.15) is 13.2 Å². The maximum Gasteiger partial charge on any atom is 0.419 e. The second-order valence-corrected chi connectivity index (χ2v) is 5.53. The Bertz CT molecular complexity index is 527. The first-order valence-corrected chi connectivity index (χ1v) is 6.96. The summed E-state index contributed by atoms with van der Waals surface area (Å²) < 4.78 is 51.1. The van der Waals surface area contributed by atoms with Crippen LogP contribution in [0.1, 0.15) is 48.5 Å². The van der Waals surface area contributed by atoms with Crippen molar-refractivity contribution < 1.29 is 22.4 Å². The van der Waals surface area contributed by atoms with Crippen LogP contribution in [0.2, 0.25) is 0 Å². The predicted molar refractivity (Wildman–Crippen MR) is 70.3 cm³/mol. The molecule has 0 radical (unpaired) electrons. The summed E-state index contributed by atoms with van der Waals surface area (Å²) in [4.78, 5) is 12.0. The summed E-state index contributed by atoms with van der Waals surface area (Å²) in [5, 5.41) is 2.75. The lowest BCUT2D eigenvalue weighted by molar-refractivity contribution is -0.140. The predicted octanol–water partition coefficient (Wildman–Crippen LogP) is 4.15. The maximum atomic E-state index is 13.2. The molecule has 1 N–H and O–H groups in total. The zero-order valence-electron chi connectivity index (χ0n) is 11.6. The molecule has 1 amide bonds. The third-order valence-corrected chi connectivity index (χ3v) is 3.96. The first kappa shape index (κ1) is 15.8. The van der Waals surface area contributed by atoms with Gasteiger partial charge in [0.1, 0.15) is 5.82 Å². The Hall–Kier alpha value is -1.59. The van der Waals surface area contributed by atoms with Crippen molar-refractivity contribution in [2.24, 2.45) is 5.92 Å². The fourth-order valence-corrected chi connectivity index (χ4v) is 2.67. The summed E-state index contributed by atoms with van der Waals surface area (Å²) in [5.41, 5.74) is -1.58. The van der Waals surface area contributed by atoms with Gasteiger partial charge >= 0.3 is 6.18 Å². The Morgan fingerprint density at radius 1 is 1.24 bits per heavy atom. The van der Waals surface area contributed by atoms with Crippen LogP contribution in [0.15, 0.2) is 18.2 Å². The lowest BCUT2D eigenvalue weighted by Crippen LogP contribution is -2.41. The van der Waals surface area contributed by atoms with Gasteiger partial charge in [-0.15, -0.1) is 0 Å². The monoisotopic (exact) mass is 303 g/mol. The number of halogens is 4. The molecule has 1 aliphatic carbocycles.